The van der Waals surface area contributed by atoms with E-state index in [1.54, 1.807) is 0 Å². The van der Waals surface area contributed by atoms with E-state index in [-0.39, 0.29) is 0 Å². The third-order valence-electron chi connectivity index (χ3n) is 4.47. The third-order valence-corrected chi connectivity index (χ3v) is 4.47. The van der Waals surface area contributed by atoms with Crippen LogP contribution in [-0.4, -0.2) is 13.1 Å². The molecule has 0 saturated heterocycles. The van der Waals surface area contributed by atoms with Gasteiger partial charge in [-0.3, -0.25) is 0 Å². The summed E-state index contributed by atoms with van der Waals surface area (Å²) in [5.41, 5.74) is 2.90. The molecule has 2 atom stereocenters. The normalized spacial score (nSPS) is 18.9. The van der Waals surface area contributed by atoms with Gasteiger partial charge >= 0.3 is 0 Å². The summed E-state index contributed by atoms with van der Waals surface area (Å²) < 4.78 is 0. The SMILES string of the molecule is CNC(Cc1ccc(C(C)C)cc1)C(C)C1CC1. The van der Waals surface area contributed by atoms with Crippen LogP contribution in [0, 0.1) is 11.8 Å². The lowest BCUT2D eigenvalue weighted by molar-refractivity contribution is 0.357. The minimum absolute atomic E-state index is 0.627. The van der Waals surface area contributed by atoms with Gasteiger partial charge in [-0.1, -0.05) is 45.0 Å². The van der Waals surface area contributed by atoms with Gasteiger partial charge in [0.1, 0.15) is 0 Å². The number of rotatable bonds is 6. The molecule has 0 bridgehead atoms. The molecule has 2 unspecified atom stereocenters. The summed E-state index contributed by atoms with van der Waals surface area (Å²) >= 11 is 0. The van der Waals surface area contributed by atoms with E-state index in [2.05, 4.69) is 57.4 Å². The van der Waals surface area contributed by atoms with Crippen LogP contribution in [0.1, 0.15) is 50.7 Å². The molecule has 0 radical (unpaired) electrons. The minimum Gasteiger partial charge on any atom is -0.316 e. The van der Waals surface area contributed by atoms with E-state index in [0.717, 1.165) is 18.3 Å². The Kier molecular flexibility index (Phi) is 4.45. The van der Waals surface area contributed by atoms with E-state index >= 15 is 0 Å². The molecular formula is C17H27N. The molecule has 0 aromatic heterocycles. The highest BCUT2D eigenvalue weighted by molar-refractivity contribution is 5.25. The Morgan fingerprint density at radius 1 is 1.11 bits per heavy atom. The van der Waals surface area contributed by atoms with Crippen molar-refractivity contribution in [2.75, 3.05) is 7.05 Å². The van der Waals surface area contributed by atoms with Gasteiger partial charge < -0.3 is 5.32 Å². The van der Waals surface area contributed by atoms with Gasteiger partial charge in [0.05, 0.1) is 0 Å². The van der Waals surface area contributed by atoms with Gasteiger partial charge in [-0.2, -0.15) is 0 Å². The fraction of sp³-hybridized carbons (Fsp3) is 0.647. The molecule has 1 N–H and O–H groups in total. The summed E-state index contributed by atoms with van der Waals surface area (Å²) in [5, 5.41) is 3.51. The first kappa shape index (κ1) is 13.6. The van der Waals surface area contributed by atoms with E-state index in [1.165, 1.54) is 24.0 Å². The standard InChI is InChI=1S/C17H27N/c1-12(2)15-7-5-14(6-8-15)11-17(18-4)13(3)16-9-10-16/h5-8,12-13,16-18H,9-11H2,1-4H3. The maximum absolute atomic E-state index is 3.51. The Hall–Kier alpha value is -0.820. The maximum atomic E-state index is 3.51. The quantitative estimate of drug-likeness (QED) is 0.799. The largest absolute Gasteiger partial charge is 0.316 e. The highest BCUT2D eigenvalue weighted by Gasteiger charge is 2.32. The monoisotopic (exact) mass is 245 g/mol. The van der Waals surface area contributed by atoms with Gasteiger partial charge in [-0.25, -0.2) is 0 Å². The van der Waals surface area contributed by atoms with Crippen molar-refractivity contribution in [2.24, 2.45) is 11.8 Å². The number of hydrogen-bond donors (Lipinski definition) is 1. The Morgan fingerprint density at radius 3 is 2.17 bits per heavy atom. The second-order valence-corrected chi connectivity index (χ2v) is 6.19. The van der Waals surface area contributed by atoms with Crippen LogP contribution in [0.3, 0.4) is 0 Å². The Labute approximate surface area is 112 Å². The minimum atomic E-state index is 0.627. The second-order valence-electron chi connectivity index (χ2n) is 6.19. The van der Waals surface area contributed by atoms with Crippen molar-refractivity contribution in [1.82, 2.24) is 5.32 Å². The lowest BCUT2D eigenvalue weighted by Gasteiger charge is -2.23. The van der Waals surface area contributed by atoms with Crippen LogP contribution in [0.25, 0.3) is 0 Å². The van der Waals surface area contributed by atoms with Crippen molar-refractivity contribution < 1.29 is 0 Å². The van der Waals surface area contributed by atoms with Crippen molar-refractivity contribution in [3.05, 3.63) is 35.4 Å². The maximum Gasteiger partial charge on any atom is 0.0133 e. The van der Waals surface area contributed by atoms with Gasteiger partial charge in [0.2, 0.25) is 0 Å². The van der Waals surface area contributed by atoms with Gasteiger partial charge in [-0.05, 0) is 55.2 Å². The van der Waals surface area contributed by atoms with E-state index in [9.17, 15) is 0 Å². The molecule has 0 heterocycles. The fourth-order valence-corrected chi connectivity index (χ4v) is 2.79. The van der Waals surface area contributed by atoms with Crippen LogP contribution in [0.4, 0.5) is 0 Å². The highest BCUT2D eigenvalue weighted by atomic mass is 14.9. The van der Waals surface area contributed by atoms with Crippen LogP contribution in [0.2, 0.25) is 0 Å². The average molecular weight is 245 g/mol. The number of benzene rings is 1. The summed E-state index contributed by atoms with van der Waals surface area (Å²) in [6.45, 7) is 6.91. The van der Waals surface area contributed by atoms with Gasteiger partial charge in [0.15, 0.2) is 0 Å². The van der Waals surface area contributed by atoms with Gasteiger partial charge in [-0.15, -0.1) is 0 Å². The number of hydrogen-bond acceptors (Lipinski definition) is 1. The van der Waals surface area contributed by atoms with Crippen molar-refractivity contribution in [3.63, 3.8) is 0 Å². The molecule has 1 fully saturated rings. The average Bonchev–Trinajstić information content (AvgIpc) is 3.20. The van der Waals surface area contributed by atoms with Crippen molar-refractivity contribution in [1.29, 1.82) is 0 Å². The molecular weight excluding hydrogens is 218 g/mol. The van der Waals surface area contributed by atoms with E-state index in [0.29, 0.717) is 12.0 Å². The molecule has 0 aliphatic heterocycles. The van der Waals surface area contributed by atoms with Crippen molar-refractivity contribution in [3.8, 4) is 0 Å². The zero-order chi connectivity index (χ0) is 13.1. The molecule has 1 heteroatoms. The van der Waals surface area contributed by atoms with Crippen LogP contribution in [0.15, 0.2) is 24.3 Å². The number of likely N-dealkylation sites (N-methyl/N-ethyl adjacent to an activating group) is 1. The summed E-state index contributed by atoms with van der Waals surface area (Å²) in [4.78, 5) is 0. The molecule has 1 aliphatic carbocycles. The highest BCUT2D eigenvalue weighted by Crippen LogP contribution is 2.38. The molecule has 0 spiro atoms. The van der Waals surface area contributed by atoms with Crippen LogP contribution in [-0.2, 0) is 6.42 Å². The summed E-state index contributed by atoms with van der Waals surface area (Å²) in [6.07, 6.45) is 4.03. The molecule has 0 amide bonds. The van der Waals surface area contributed by atoms with Crippen LogP contribution >= 0.6 is 0 Å². The first-order valence-corrected chi connectivity index (χ1v) is 7.38. The lowest BCUT2D eigenvalue weighted by atomic mass is 9.90. The first-order chi connectivity index (χ1) is 8.61. The second kappa shape index (κ2) is 5.88. The molecule has 1 aliphatic rings. The number of nitrogens with one attached hydrogen (secondary N) is 1. The molecule has 1 aromatic rings. The Balaban J connectivity index is 1.98. The van der Waals surface area contributed by atoms with Crippen LogP contribution < -0.4 is 5.32 Å². The predicted molar refractivity (Wildman–Crippen MR) is 79.0 cm³/mol. The van der Waals surface area contributed by atoms with E-state index in [1.807, 2.05) is 0 Å². The summed E-state index contributed by atoms with van der Waals surface area (Å²) in [7, 11) is 2.10. The molecule has 1 nitrogen and oxygen atoms in total. The van der Waals surface area contributed by atoms with Crippen molar-refractivity contribution >= 4 is 0 Å². The molecule has 1 aromatic carbocycles. The van der Waals surface area contributed by atoms with Crippen molar-refractivity contribution in [2.45, 2.75) is 52.0 Å². The third kappa shape index (κ3) is 3.35. The molecule has 100 valence electrons. The molecule has 2 rings (SSSR count). The van der Waals surface area contributed by atoms with E-state index < -0.39 is 0 Å². The Bertz CT molecular complexity index is 362. The van der Waals surface area contributed by atoms with E-state index in [4.69, 9.17) is 0 Å². The predicted octanol–water partition coefficient (Wildman–Crippen LogP) is 3.99. The Morgan fingerprint density at radius 2 is 1.72 bits per heavy atom. The first-order valence-electron chi connectivity index (χ1n) is 7.38. The summed E-state index contributed by atoms with van der Waals surface area (Å²) in [6, 6.07) is 9.81. The van der Waals surface area contributed by atoms with Gasteiger partial charge in [0, 0.05) is 6.04 Å². The molecule has 1 saturated carbocycles. The van der Waals surface area contributed by atoms with Gasteiger partial charge in [0.25, 0.3) is 0 Å². The fourth-order valence-electron chi connectivity index (χ4n) is 2.79. The summed E-state index contributed by atoms with van der Waals surface area (Å²) in [5.74, 6) is 2.40. The zero-order valence-electron chi connectivity index (χ0n) is 12.2. The smallest absolute Gasteiger partial charge is 0.0133 e. The lowest BCUT2D eigenvalue weighted by Crippen LogP contribution is -2.35. The molecule has 18 heavy (non-hydrogen) atoms. The topological polar surface area (TPSA) is 12.0 Å². The van der Waals surface area contributed by atoms with Crippen LogP contribution in [0.5, 0.6) is 0 Å². The zero-order valence-corrected chi connectivity index (χ0v) is 12.2.